The van der Waals surface area contributed by atoms with Crippen LogP contribution in [0.5, 0.6) is 0 Å². The van der Waals surface area contributed by atoms with Crippen molar-refractivity contribution in [3.8, 4) is 0 Å². The van der Waals surface area contributed by atoms with Gasteiger partial charge in [0.2, 0.25) is 0 Å². The average Bonchev–Trinajstić information content (AvgIpc) is 2.86. The first-order valence-corrected chi connectivity index (χ1v) is 5.73. The molecule has 0 spiro atoms. The van der Waals surface area contributed by atoms with Gasteiger partial charge in [-0.1, -0.05) is 0 Å². The maximum Gasteiger partial charge on any atom is 0.134 e. The summed E-state index contributed by atoms with van der Waals surface area (Å²) in [7, 11) is 0. The molecule has 2 aliphatic heterocycles. The summed E-state index contributed by atoms with van der Waals surface area (Å²) in [6, 6.07) is 0.381. The van der Waals surface area contributed by atoms with Gasteiger partial charge in [-0.15, -0.1) is 0 Å². The lowest BCUT2D eigenvalue weighted by Crippen LogP contribution is -2.31. The predicted molar refractivity (Wildman–Crippen MR) is 61.1 cm³/mol. The van der Waals surface area contributed by atoms with Gasteiger partial charge in [-0.3, -0.25) is 0 Å². The van der Waals surface area contributed by atoms with Crippen molar-refractivity contribution in [1.29, 1.82) is 0 Å². The van der Waals surface area contributed by atoms with Crippen LogP contribution in [0.3, 0.4) is 0 Å². The molecular formula is C11H16N4O. The van der Waals surface area contributed by atoms with Gasteiger partial charge in [0.25, 0.3) is 0 Å². The number of nitrogens with one attached hydrogen (secondary N) is 1. The highest BCUT2D eigenvalue weighted by Crippen LogP contribution is 2.36. The summed E-state index contributed by atoms with van der Waals surface area (Å²) < 4.78 is 5.79. The van der Waals surface area contributed by atoms with E-state index in [0.29, 0.717) is 24.1 Å². The number of hydrogen-bond acceptors (Lipinski definition) is 5. The summed E-state index contributed by atoms with van der Waals surface area (Å²) in [5, 5.41) is 3.43. The zero-order chi connectivity index (χ0) is 11.1. The Morgan fingerprint density at radius 3 is 3.00 bits per heavy atom. The summed E-state index contributed by atoms with van der Waals surface area (Å²) in [6.07, 6.45) is 5.73. The number of aromatic nitrogens is 2. The average molecular weight is 220 g/mol. The fourth-order valence-corrected chi connectivity index (χ4v) is 2.57. The molecule has 0 aromatic carbocycles. The van der Waals surface area contributed by atoms with Crippen LogP contribution in [0, 0.1) is 6.92 Å². The van der Waals surface area contributed by atoms with Crippen LogP contribution < -0.4 is 11.1 Å². The molecule has 3 N–H and O–H groups in total. The number of anilines is 2. The number of fused-ring (bicyclic) bond motifs is 2. The number of nitrogens with two attached hydrogens (primary N) is 1. The van der Waals surface area contributed by atoms with E-state index in [0.717, 1.165) is 24.2 Å². The van der Waals surface area contributed by atoms with E-state index < -0.39 is 0 Å². The Bertz CT molecular complexity index is 409. The zero-order valence-electron chi connectivity index (χ0n) is 9.31. The second-order valence-electron chi connectivity index (χ2n) is 4.59. The summed E-state index contributed by atoms with van der Waals surface area (Å²) in [5.41, 5.74) is 6.67. The Balaban J connectivity index is 1.77. The summed E-state index contributed by atoms with van der Waals surface area (Å²) in [6.45, 7) is 1.94. The molecule has 3 atom stereocenters. The van der Waals surface area contributed by atoms with Gasteiger partial charge >= 0.3 is 0 Å². The van der Waals surface area contributed by atoms with Crippen molar-refractivity contribution in [3.63, 3.8) is 0 Å². The molecule has 0 aliphatic carbocycles. The maximum atomic E-state index is 5.79. The third-order valence-corrected chi connectivity index (χ3v) is 3.55. The van der Waals surface area contributed by atoms with Crippen molar-refractivity contribution in [1.82, 2.24) is 9.97 Å². The van der Waals surface area contributed by atoms with Gasteiger partial charge in [-0.2, -0.15) is 0 Å². The molecule has 2 aliphatic rings. The van der Waals surface area contributed by atoms with E-state index in [2.05, 4.69) is 15.3 Å². The lowest BCUT2D eigenvalue weighted by Gasteiger charge is -2.21. The fraction of sp³-hybridized carbons (Fsp3) is 0.636. The first-order valence-electron chi connectivity index (χ1n) is 5.73. The van der Waals surface area contributed by atoms with Crippen molar-refractivity contribution in [2.24, 2.45) is 0 Å². The van der Waals surface area contributed by atoms with Crippen LogP contribution in [-0.4, -0.2) is 28.2 Å². The SMILES string of the molecule is Cc1c(N)ncnc1NC1CC2CCC1O2. The van der Waals surface area contributed by atoms with Crippen molar-refractivity contribution < 1.29 is 4.74 Å². The molecule has 1 aromatic heterocycles. The lowest BCUT2D eigenvalue weighted by molar-refractivity contribution is 0.102. The second kappa shape index (κ2) is 3.59. The third kappa shape index (κ3) is 1.51. The molecule has 2 bridgehead atoms. The first-order chi connectivity index (χ1) is 7.74. The molecule has 3 unspecified atom stereocenters. The van der Waals surface area contributed by atoms with Crippen LogP contribution in [0.1, 0.15) is 24.8 Å². The summed E-state index contributed by atoms with van der Waals surface area (Å²) >= 11 is 0. The maximum absolute atomic E-state index is 5.79. The zero-order valence-corrected chi connectivity index (χ0v) is 9.31. The Kier molecular flexibility index (Phi) is 2.21. The van der Waals surface area contributed by atoms with Crippen molar-refractivity contribution in [2.45, 2.75) is 44.4 Å². The topological polar surface area (TPSA) is 73.1 Å². The minimum absolute atomic E-state index is 0.348. The van der Waals surface area contributed by atoms with Crippen molar-refractivity contribution >= 4 is 11.6 Å². The molecule has 16 heavy (non-hydrogen) atoms. The van der Waals surface area contributed by atoms with Gasteiger partial charge in [0.05, 0.1) is 18.2 Å². The van der Waals surface area contributed by atoms with Gasteiger partial charge in [0.15, 0.2) is 0 Å². The Morgan fingerprint density at radius 2 is 2.31 bits per heavy atom. The molecule has 86 valence electrons. The van der Waals surface area contributed by atoms with Crippen LogP contribution in [-0.2, 0) is 4.74 Å². The highest BCUT2D eigenvalue weighted by atomic mass is 16.5. The van der Waals surface area contributed by atoms with Crippen LogP contribution >= 0.6 is 0 Å². The minimum atomic E-state index is 0.348. The Labute approximate surface area is 94.4 Å². The largest absolute Gasteiger partial charge is 0.383 e. The van der Waals surface area contributed by atoms with E-state index in [1.807, 2.05) is 6.92 Å². The lowest BCUT2D eigenvalue weighted by atomic mass is 9.95. The molecule has 5 heteroatoms. The third-order valence-electron chi connectivity index (χ3n) is 3.55. The molecule has 0 saturated carbocycles. The van der Waals surface area contributed by atoms with Gasteiger partial charge in [0.1, 0.15) is 18.0 Å². The molecule has 1 aromatic rings. The molecule has 3 heterocycles. The summed E-state index contributed by atoms with van der Waals surface area (Å²) in [4.78, 5) is 8.19. The van der Waals surface area contributed by atoms with Gasteiger partial charge < -0.3 is 15.8 Å². The summed E-state index contributed by atoms with van der Waals surface area (Å²) in [5.74, 6) is 1.38. The number of nitrogen functional groups attached to an aromatic ring is 1. The van der Waals surface area contributed by atoms with Crippen LogP contribution in [0.4, 0.5) is 11.6 Å². The van der Waals surface area contributed by atoms with Crippen LogP contribution in [0.15, 0.2) is 6.33 Å². The molecular weight excluding hydrogens is 204 g/mol. The standard InChI is InChI=1S/C11H16N4O/c1-6-10(12)13-5-14-11(6)15-8-4-7-2-3-9(8)16-7/h5,7-9H,2-4H2,1H3,(H3,12,13,14,15). The van der Waals surface area contributed by atoms with E-state index in [1.54, 1.807) is 0 Å². The molecule has 5 nitrogen and oxygen atoms in total. The fourth-order valence-electron chi connectivity index (χ4n) is 2.57. The number of nitrogens with zero attached hydrogens (tertiary/aromatic N) is 2. The smallest absolute Gasteiger partial charge is 0.134 e. The first kappa shape index (κ1) is 9.84. The Hall–Kier alpha value is -1.36. The molecule has 3 rings (SSSR count). The van der Waals surface area contributed by atoms with Gasteiger partial charge in [-0.05, 0) is 26.2 Å². The van der Waals surface area contributed by atoms with E-state index in [-0.39, 0.29) is 0 Å². The highest BCUT2D eigenvalue weighted by Gasteiger charge is 2.40. The minimum Gasteiger partial charge on any atom is -0.383 e. The van der Waals surface area contributed by atoms with Crippen LogP contribution in [0.2, 0.25) is 0 Å². The second-order valence-corrected chi connectivity index (χ2v) is 4.59. The van der Waals surface area contributed by atoms with E-state index in [9.17, 15) is 0 Å². The quantitative estimate of drug-likeness (QED) is 0.780. The van der Waals surface area contributed by atoms with E-state index in [1.165, 1.54) is 12.7 Å². The van der Waals surface area contributed by atoms with Gasteiger partial charge in [-0.25, -0.2) is 9.97 Å². The monoisotopic (exact) mass is 220 g/mol. The Morgan fingerprint density at radius 1 is 1.44 bits per heavy atom. The van der Waals surface area contributed by atoms with Crippen molar-refractivity contribution in [2.75, 3.05) is 11.1 Å². The number of rotatable bonds is 2. The molecule has 0 radical (unpaired) electrons. The normalized spacial score (nSPS) is 31.9. The molecule has 2 saturated heterocycles. The predicted octanol–water partition coefficient (Wildman–Crippen LogP) is 1.10. The van der Waals surface area contributed by atoms with Crippen LogP contribution in [0.25, 0.3) is 0 Å². The molecule has 2 fully saturated rings. The van der Waals surface area contributed by atoms with E-state index >= 15 is 0 Å². The van der Waals surface area contributed by atoms with Crippen molar-refractivity contribution in [3.05, 3.63) is 11.9 Å². The van der Waals surface area contributed by atoms with E-state index in [4.69, 9.17) is 10.5 Å². The number of ether oxygens (including phenoxy) is 1. The highest BCUT2D eigenvalue weighted by molar-refractivity contribution is 5.54. The van der Waals surface area contributed by atoms with Gasteiger partial charge in [0, 0.05) is 5.56 Å². The number of hydrogen-bond donors (Lipinski definition) is 2. The molecule has 0 amide bonds.